The van der Waals surface area contributed by atoms with Gasteiger partial charge in [-0.15, -0.1) is 11.3 Å². The standard InChI is InChI=1S/C22H26N2O5S/c1-4-28-16-10-9-15(14-17(16)29-5-2)23-20-19(18-8-6-13-30-18)21(25)24(22(20)26)11-7-12-27-3/h6,8-10,13-14,23H,4-5,7,11-12H2,1-3H3. The summed E-state index contributed by atoms with van der Waals surface area (Å²) in [5.41, 5.74) is 1.30. The van der Waals surface area contributed by atoms with E-state index in [4.69, 9.17) is 14.2 Å². The lowest BCUT2D eigenvalue weighted by Gasteiger charge is -2.16. The van der Waals surface area contributed by atoms with Crippen LogP contribution in [-0.4, -0.2) is 50.2 Å². The molecular weight excluding hydrogens is 404 g/mol. The lowest BCUT2D eigenvalue weighted by molar-refractivity contribution is -0.136. The fraction of sp³-hybridized carbons (Fsp3) is 0.364. The molecule has 0 saturated carbocycles. The summed E-state index contributed by atoms with van der Waals surface area (Å²) in [6.07, 6.45) is 0.580. The molecule has 8 heteroatoms. The molecule has 1 aliphatic heterocycles. The fourth-order valence-electron chi connectivity index (χ4n) is 3.18. The molecule has 0 bridgehead atoms. The van der Waals surface area contributed by atoms with Crippen molar-refractivity contribution in [2.75, 3.05) is 38.8 Å². The first-order valence-electron chi connectivity index (χ1n) is 9.90. The zero-order chi connectivity index (χ0) is 21.5. The van der Waals surface area contributed by atoms with Gasteiger partial charge in [-0.05, 0) is 43.8 Å². The third kappa shape index (κ3) is 4.66. The molecule has 0 aliphatic carbocycles. The summed E-state index contributed by atoms with van der Waals surface area (Å²) in [5.74, 6) is 0.576. The van der Waals surface area contributed by atoms with Gasteiger partial charge in [0, 0.05) is 36.9 Å². The first-order valence-corrected chi connectivity index (χ1v) is 10.8. The van der Waals surface area contributed by atoms with E-state index in [0.29, 0.717) is 55.5 Å². The Balaban J connectivity index is 1.93. The average Bonchev–Trinajstić information content (AvgIpc) is 3.33. The van der Waals surface area contributed by atoms with E-state index in [1.165, 1.54) is 16.2 Å². The summed E-state index contributed by atoms with van der Waals surface area (Å²) in [4.78, 5) is 28.2. The number of anilines is 1. The van der Waals surface area contributed by atoms with E-state index >= 15 is 0 Å². The SMILES string of the molecule is CCOc1ccc(NC2=C(c3cccs3)C(=O)N(CCCOC)C2=O)cc1OCC. The number of carbonyl (C=O) groups is 2. The predicted molar refractivity (Wildman–Crippen MR) is 117 cm³/mol. The molecule has 1 aromatic carbocycles. The molecule has 1 N–H and O–H groups in total. The summed E-state index contributed by atoms with van der Waals surface area (Å²) in [6, 6.07) is 9.08. The Morgan fingerprint density at radius 2 is 1.80 bits per heavy atom. The van der Waals surface area contributed by atoms with Crippen LogP contribution >= 0.6 is 11.3 Å². The molecule has 1 aliphatic rings. The Bertz CT molecular complexity index is 924. The Hall–Kier alpha value is -2.84. The van der Waals surface area contributed by atoms with Crippen LogP contribution in [0.25, 0.3) is 5.57 Å². The van der Waals surface area contributed by atoms with Crippen LogP contribution in [-0.2, 0) is 14.3 Å². The highest BCUT2D eigenvalue weighted by Crippen LogP contribution is 2.35. The van der Waals surface area contributed by atoms with Crippen LogP contribution in [0, 0.1) is 0 Å². The van der Waals surface area contributed by atoms with Gasteiger partial charge in [0.1, 0.15) is 5.70 Å². The molecule has 2 amide bonds. The summed E-state index contributed by atoms with van der Waals surface area (Å²) >= 11 is 1.42. The van der Waals surface area contributed by atoms with Crippen molar-refractivity contribution in [3.8, 4) is 11.5 Å². The zero-order valence-electron chi connectivity index (χ0n) is 17.4. The number of hydrogen-bond acceptors (Lipinski definition) is 7. The molecule has 2 heterocycles. The summed E-state index contributed by atoms with van der Waals surface area (Å²) in [6.45, 7) is 5.58. The van der Waals surface area contributed by atoms with Crippen molar-refractivity contribution in [1.82, 2.24) is 4.90 Å². The Kier molecular flexibility index (Phi) is 7.48. The number of benzene rings is 1. The minimum absolute atomic E-state index is 0.270. The lowest BCUT2D eigenvalue weighted by atomic mass is 10.1. The second-order valence-electron chi connectivity index (χ2n) is 6.49. The summed E-state index contributed by atoms with van der Waals surface area (Å²) < 4.78 is 16.3. The van der Waals surface area contributed by atoms with E-state index in [9.17, 15) is 9.59 Å². The number of thiophene rings is 1. The van der Waals surface area contributed by atoms with Crippen LogP contribution in [0.3, 0.4) is 0 Å². The van der Waals surface area contributed by atoms with Gasteiger partial charge in [-0.3, -0.25) is 14.5 Å². The summed E-state index contributed by atoms with van der Waals surface area (Å²) in [7, 11) is 1.60. The van der Waals surface area contributed by atoms with Gasteiger partial charge in [0.2, 0.25) is 0 Å². The lowest BCUT2D eigenvalue weighted by Crippen LogP contribution is -2.33. The van der Waals surface area contributed by atoms with Crippen molar-refractivity contribution in [3.05, 3.63) is 46.3 Å². The number of ether oxygens (including phenoxy) is 3. The summed E-state index contributed by atoms with van der Waals surface area (Å²) in [5, 5.41) is 5.04. The average molecular weight is 431 g/mol. The van der Waals surface area contributed by atoms with E-state index < -0.39 is 0 Å². The topological polar surface area (TPSA) is 77.1 Å². The van der Waals surface area contributed by atoms with E-state index in [1.54, 1.807) is 25.3 Å². The maximum atomic E-state index is 13.1. The van der Waals surface area contributed by atoms with Crippen LogP contribution in [0.1, 0.15) is 25.1 Å². The van der Waals surface area contributed by atoms with Gasteiger partial charge >= 0.3 is 0 Å². The van der Waals surface area contributed by atoms with Crippen molar-refractivity contribution in [2.45, 2.75) is 20.3 Å². The monoisotopic (exact) mass is 430 g/mol. The normalized spacial score (nSPS) is 13.9. The van der Waals surface area contributed by atoms with E-state index in [1.807, 2.05) is 31.4 Å². The van der Waals surface area contributed by atoms with Crippen molar-refractivity contribution in [3.63, 3.8) is 0 Å². The molecule has 7 nitrogen and oxygen atoms in total. The number of imide groups is 1. The Morgan fingerprint density at radius 1 is 1.03 bits per heavy atom. The second kappa shape index (κ2) is 10.3. The molecule has 0 fully saturated rings. The highest BCUT2D eigenvalue weighted by atomic mass is 32.1. The van der Waals surface area contributed by atoms with Gasteiger partial charge < -0.3 is 19.5 Å². The number of amides is 2. The van der Waals surface area contributed by atoms with Crippen molar-refractivity contribution >= 4 is 34.4 Å². The molecule has 2 aromatic rings. The molecule has 30 heavy (non-hydrogen) atoms. The van der Waals surface area contributed by atoms with E-state index in [0.717, 1.165) is 4.88 Å². The zero-order valence-corrected chi connectivity index (χ0v) is 18.2. The van der Waals surface area contributed by atoms with E-state index in [-0.39, 0.29) is 17.5 Å². The van der Waals surface area contributed by atoms with Gasteiger partial charge in [-0.1, -0.05) is 6.07 Å². The molecule has 0 atom stereocenters. The maximum absolute atomic E-state index is 13.1. The molecule has 1 aromatic heterocycles. The molecule has 0 unspecified atom stereocenters. The van der Waals surface area contributed by atoms with Gasteiger partial charge in [0.25, 0.3) is 11.8 Å². The Morgan fingerprint density at radius 3 is 2.47 bits per heavy atom. The van der Waals surface area contributed by atoms with Gasteiger partial charge in [-0.2, -0.15) is 0 Å². The minimum atomic E-state index is -0.341. The largest absolute Gasteiger partial charge is 0.490 e. The second-order valence-corrected chi connectivity index (χ2v) is 7.44. The van der Waals surface area contributed by atoms with Crippen molar-refractivity contribution < 1.29 is 23.8 Å². The van der Waals surface area contributed by atoms with Crippen molar-refractivity contribution in [1.29, 1.82) is 0 Å². The van der Waals surface area contributed by atoms with Crippen LogP contribution in [0.4, 0.5) is 5.69 Å². The smallest absolute Gasteiger partial charge is 0.278 e. The molecule has 0 radical (unpaired) electrons. The highest BCUT2D eigenvalue weighted by molar-refractivity contribution is 7.11. The number of rotatable bonds is 11. The molecule has 160 valence electrons. The Labute approximate surface area is 180 Å². The van der Waals surface area contributed by atoms with Crippen LogP contribution in [0.15, 0.2) is 41.4 Å². The number of nitrogens with zero attached hydrogens (tertiary/aromatic N) is 1. The predicted octanol–water partition coefficient (Wildman–Crippen LogP) is 3.77. The maximum Gasteiger partial charge on any atom is 0.278 e. The van der Waals surface area contributed by atoms with Gasteiger partial charge in [0.15, 0.2) is 11.5 Å². The van der Waals surface area contributed by atoms with Crippen molar-refractivity contribution in [2.24, 2.45) is 0 Å². The fourth-order valence-corrected chi connectivity index (χ4v) is 3.95. The number of hydrogen-bond donors (Lipinski definition) is 1. The van der Waals surface area contributed by atoms with Crippen LogP contribution in [0.5, 0.6) is 11.5 Å². The number of nitrogens with one attached hydrogen (secondary N) is 1. The quantitative estimate of drug-likeness (QED) is 0.432. The minimum Gasteiger partial charge on any atom is -0.490 e. The first-order chi connectivity index (χ1) is 14.6. The van der Waals surface area contributed by atoms with E-state index in [2.05, 4.69) is 5.32 Å². The first kappa shape index (κ1) is 21.9. The third-order valence-electron chi connectivity index (χ3n) is 4.48. The third-order valence-corrected chi connectivity index (χ3v) is 5.37. The van der Waals surface area contributed by atoms with Crippen LogP contribution in [0.2, 0.25) is 0 Å². The van der Waals surface area contributed by atoms with Crippen LogP contribution < -0.4 is 14.8 Å². The highest BCUT2D eigenvalue weighted by Gasteiger charge is 2.39. The molecule has 0 saturated heterocycles. The number of carbonyl (C=O) groups excluding carboxylic acids is 2. The molecule has 0 spiro atoms. The van der Waals surface area contributed by atoms with Gasteiger partial charge in [-0.25, -0.2) is 0 Å². The van der Waals surface area contributed by atoms with Gasteiger partial charge in [0.05, 0.1) is 18.8 Å². The number of methoxy groups -OCH3 is 1. The molecular formula is C22H26N2O5S. The molecule has 3 rings (SSSR count).